The van der Waals surface area contributed by atoms with Gasteiger partial charge in [0.1, 0.15) is 5.69 Å². The van der Waals surface area contributed by atoms with Crippen molar-refractivity contribution in [1.29, 1.82) is 0 Å². The molecule has 0 aliphatic heterocycles. The average Bonchev–Trinajstić information content (AvgIpc) is 2.65. The van der Waals surface area contributed by atoms with Gasteiger partial charge in [-0.15, -0.1) is 0 Å². The zero-order valence-electron chi connectivity index (χ0n) is 8.69. The second kappa shape index (κ2) is 4.35. The Balaban J connectivity index is 2.55. The van der Waals surface area contributed by atoms with Crippen molar-refractivity contribution in [3.8, 4) is 0 Å². The number of carbonyl (C=O) groups is 1. The van der Waals surface area contributed by atoms with E-state index >= 15 is 0 Å². The van der Waals surface area contributed by atoms with Crippen LogP contribution in [0.1, 0.15) is 16.9 Å². The minimum atomic E-state index is -0.977. The molecular weight excluding hydrogens is 209 g/mol. The number of aromatic carboxylic acids is 1. The van der Waals surface area contributed by atoms with Gasteiger partial charge in [-0.3, -0.25) is 4.39 Å². The Kier molecular flexibility index (Phi) is 2.90. The van der Waals surface area contributed by atoms with E-state index in [1.54, 1.807) is 10.6 Å². The fraction of sp³-hybridized carbons (Fsp3) is 0.250. The topological polar surface area (TPSA) is 42.2 Å². The van der Waals surface area contributed by atoms with E-state index < -0.39 is 12.6 Å². The number of hydrogen-bond acceptors (Lipinski definition) is 1. The summed E-state index contributed by atoms with van der Waals surface area (Å²) in [5, 5.41) is 9.93. The third-order valence-electron chi connectivity index (χ3n) is 2.55. The van der Waals surface area contributed by atoms with Gasteiger partial charge in [0.25, 0.3) is 0 Å². The summed E-state index contributed by atoms with van der Waals surface area (Å²) in [7, 11) is 0. The predicted molar refractivity (Wildman–Crippen MR) is 59.5 cm³/mol. The normalized spacial score (nSPS) is 10.8. The molecule has 0 saturated carbocycles. The van der Waals surface area contributed by atoms with E-state index in [9.17, 15) is 9.18 Å². The lowest BCUT2D eigenvalue weighted by Crippen LogP contribution is -2.08. The number of carboxylic acid groups (broad SMARTS) is 1. The zero-order chi connectivity index (χ0) is 11.5. The molecule has 0 bridgehead atoms. The number of para-hydroxylation sites is 1. The van der Waals surface area contributed by atoms with Gasteiger partial charge in [-0.25, -0.2) is 4.79 Å². The summed E-state index contributed by atoms with van der Waals surface area (Å²) in [6, 6.07) is 9.02. The molecule has 0 aliphatic rings. The van der Waals surface area contributed by atoms with Gasteiger partial charge in [-0.1, -0.05) is 18.2 Å². The molecule has 2 rings (SSSR count). The van der Waals surface area contributed by atoms with E-state index in [-0.39, 0.29) is 5.69 Å². The van der Waals surface area contributed by atoms with Crippen LogP contribution in [-0.4, -0.2) is 22.3 Å². The summed E-state index contributed by atoms with van der Waals surface area (Å²) in [5.41, 5.74) is 1.06. The number of aryl methyl sites for hydroxylation is 1. The van der Waals surface area contributed by atoms with Gasteiger partial charge in [-0.2, -0.15) is 0 Å². The minimum absolute atomic E-state index is 0.217. The Hall–Kier alpha value is -1.84. The molecule has 0 unspecified atom stereocenters. The highest BCUT2D eigenvalue weighted by molar-refractivity contribution is 5.94. The fourth-order valence-electron chi connectivity index (χ4n) is 1.85. The van der Waals surface area contributed by atoms with Crippen LogP contribution in [0.4, 0.5) is 4.39 Å². The molecule has 16 heavy (non-hydrogen) atoms. The molecule has 0 saturated heterocycles. The molecule has 2 aromatic rings. The highest BCUT2D eigenvalue weighted by Crippen LogP contribution is 2.20. The van der Waals surface area contributed by atoms with Crippen molar-refractivity contribution in [2.45, 2.75) is 13.0 Å². The summed E-state index contributed by atoms with van der Waals surface area (Å²) in [6.45, 7) is -0.0444. The molecule has 1 aromatic carbocycles. The van der Waals surface area contributed by atoms with Crippen molar-refractivity contribution >= 4 is 16.9 Å². The van der Waals surface area contributed by atoms with E-state index in [1.807, 2.05) is 24.3 Å². The van der Waals surface area contributed by atoms with Gasteiger partial charge in [0.15, 0.2) is 0 Å². The van der Waals surface area contributed by atoms with Crippen LogP contribution >= 0.6 is 0 Å². The smallest absolute Gasteiger partial charge is 0.352 e. The summed E-state index contributed by atoms with van der Waals surface area (Å²) < 4.78 is 13.8. The fourth-order valence-corrected chi connectivity index (χ4v) is 1.85. The van der Waals surface area contributed by atoms with Gasteiger partial charge < -0.3 is 9.67 Å². The third-order valence-corrected chi connectivity index (χ3v) is 2.55. The first-order valence-corrected chi connectivity index (χ1v) is 5.11. The van der Waals surface area contributed by atoms with Crippen LogP contribution in [0.2, 0.25) is 0 Å². The van der Waals surface area contributed by atoms with Crippen molar-refractivity contribution < 1.29 is 14.3 Å². The second-order valence-electron chi connectivity index (χ2n) is 3.59. The first-order valence-electron chi connectivity index (χ1n) is 5.11. The number of benzene rings is 1. The standard InChI is InChI=1S/C12H12FNO2/c13-6-3-7-14-10-5-2-1-4-9(10)8-11(14)12(15)16/h1-2,4-5,8H,3,6-7H2,(H,15,16). The Morgan fingerprint density at radius 2 is 2.12 bits per heavy atom. The number of carboxylic acids is 1. The average molecular weight is 221 g/mol. The number of rotatable bonds is 4. The summed E-state index contributed by atoms with van der Waals surface area (Å²) >= 11 is 0. The molecule has 1 aromatic heterocycles. The van der Waals surface area contributed by atoms with Gasteiger partial charge >= 0.3 is 5.97 Å². The van der Waals surface area contributed by atoms with Gasteiger partial charge in [0.2, 0.25) is 0 Å². The molecule has 0 spiro atoms. The van der Waals surface area contributed by atoms with E-state index in [1.165, 1.54) is 0 Å². The van der Waals surface area contributed by atoms with Crippen molar-refractivity contribution in [2.24, 2.45) is 0 Å². The number of hydrogen-bond donors (Lipinski definition) is 1. The maximum atomic E-state index is 12.2. The molecule has 84 valence electrons. The lowest BCUT2D eigenvalue weighted by Gasteiger charge is -2.06. The monoisotopic (exact) mass is 221 g/mol. The molecule has 0 aliphatic carbocycles. The molecule has 0 amide bonds. The molecular formula is C12H12FNO2. The SMILES string of the molecule is O=C(O)c1cc2ccccc2n1CCCF. The second-order valence-corrected chi connectivity index (χ2v) is 3.59. The molecule has 3 nitrogen and oxygen atoms in total. The summed E-state index contributed by atoms with van der Waals surface area (Å²) in [5.74, 6) is -0.977. The van der Waals surface area contributed by atoms with E-state index in [2.05, 4.69) is 0 Å². The Bertz CT molecular complexity index is 519. The predicted octanol–water partition coefficient (Wildman–Crippen LogP) is 2.70. The van der Waals surface area contributed by atoms with E-state index in [0.29, 0.717) is 13.0 Å². The molecule has 0 radical (unpaired) electrons. The highest BCUT2D eigenvalue weighted by atomic mass is 19.1. The van der Waals surface area contributed by atoms with Crippen LogP contribution in [0.25, 0.3) is 10.9 Å². The van der Waals surface area contributed by atoms with Crippen molar-refractivity contribution in [3.05, 3.63) is 36.0 Å². The van der Waals surface area contributed by atoms with Gasteiger partial charge in [0.05, 0.1) is 6.67 Å². The molecule has 1 heterocycles. The molecule has 0 atom stereocenters. The zero-order valence-corrected chi connectivity index (χ0v) is 8.69. The van der Waals surface area contributed by atoms with E-state index in [0.717, 1.165) is 10.9 Å². The Morgan fingerprint density at radius 1 is 1.38 bits per heavy atom. The number of nitrogens with zero attached hydrogens (tertiary/aromatic N) is 1. The number of fused-ring (bicyclic) bond motifs is 1. The van der Waals surface area contributed by atoms with Crippen LogP contribution in [0, 0.1) is 0 Å². The summed E-state index contributed by atoms with van der Waals surface area (Å²) in [4.78, 5) is 11.0. The molecule has 1 N–H and O–H groups in total. The molecule has 0 fully saturated rings. The van der Waals surface area contributed by atoms with Crippen LogP contribution in [0.15, 0.2) is 30.3 Å². The lowest BCUT2D eigenvalue weighted by molar-refractivity contribution is 0.0685. The first kappa shape index (κ1) is 10.7. The van der Waals surface area contributed by atoms with Crippen LogP contribution < -0.4 is 0 Å². The minimum Gasteiger partial charge on any atom is -0.477 e. The highest BCUT2D eigenvalue weighted by Gasteiger charge is 2.13. The van der Waals surface area contributed by atoms with Crippen molar-refractivity contribution in [3.63, 3.8) is 0 Å². The summed E-state index contributed by atoms with van der Waals surface area (Å²) in [6.07, 6.45) is 0.332. The van der Waals surface area contributed by atoms with Crippen LogP contribution in [-0.2, 0) is 6.54 Å². The van der Waals surface area contributed by atoms with E-state index in [4.69, 9.17) is 5.11 Å². The van der Waals surface area contributed by atoms with Crippen LogP contribution in [0.3, 0.4) is 0 Å². The van der Waals surface area contributed by atoms with Crippen molar-refractivity contribution in [1.82, 2.24) is 4.57 Å². The maximum Gasteiger partial charge on any atom is 0.352 e. The number of halogens is 1. The maximum absolute atomic E-state index is 12.2. The number of aromatic nitrogens is 1. The quantitative estimate of drug-likeness (QED) is 0.862. The third kappa shape index (κ3) is 1.78. The Morgan fingerprint density at radius 3 is 2.81 bits per heavy atom. The lowest BCUT2D eigenvalue weighted by atomic mass is 10.2. The molecule has 4 heteroatoms. The number of alkyl halides is 1. The Labute approximate surface area is 92.1 Å². The van der Waals surface area contributed by atoms with Crippen LogP contribution in [0.5, 0.6) is 0 Å². The largest absolute Gasteiger partial charge is 0.477 e. The van der Waals surface area contributed by atoms with Gasteiger partial charge in [0, 0.05) is 17.4 Å². The first-order chi connectivity index (χ1) is 7.74. The van der Waals surface area contributed by atoms with Gasteiger partial charge in [-0.05, 0) is 18.6 Å². The van der Waals surface area contributed by atoms with Crippen molar-refractivity contribution in [2.75, 3.05) is 6.67 Å².